The fourth-order valence-electron chi connectivity index (χ4n) is 2.81. The molecule has 6 heteroatoms. The number of para-hydroxylation sites is 1. The van der Waals surface area contributed by atoms with Crippen molar-refractivity contribution in [2.75, 3.05) is 10.8 Å². The molecule has 1 N–H and O–H groups in total. The van der Waals surface area contributed by atoms with Gasteiger partial charge >= 0.3 is 0 Å². The van der Waals surface area contributed by atoms with Gasteiger partial charge in [-0.15, -0.1) is 0 Å². The minimum atomic E-state index is -3.68. The Kier molecular flexibility index (Phi) is 4.36. The molecule has 1 aliphatic heterocycles. The van der Waals surface area contributed by atoms with Crippen molar-refractivity contribution in [3.8, 4) is 0 Å². The predicted octanol–water partition coefficient (Wildman–Crippen LogP) is 3.34. The predicted molar refractivity (Wildman–Crippen MR) is 93.5 cm³/mol. The first-order valence-corrected chi connectivity index (χ1v) is 9.32. The molecule has 0 aromatic heterocycles. The van der Waals surface area contributed by atoms with Gasteiger partial charge in [-0.05, 0) is 43.2 Å². The molecular weight excluding hydrogens is 332 g/mol. The molecule has 0 bridgehead atoms. The van der Waals surface area contributed by atoms with Gasteiger partial charge < -0.3 is 5.32 Å². The van der Waals surface area contributed by atoms with E-state index in [1.165, 1.54) is 4.31 Å². The van der Waals surface area contributed by atoms with Gasteiger partial charge in [0, 0.05) is 24.2 Å². The molecule has 1 atom stereocenters. The van der Waals surface area contributed by atoms with Crippen LogP contribution in [0.1, 0.15) is 18.1 Å². The Labute approximate surface area is 142 Å². The third kappa shape index (κ3) is 2.96. The zero-order valence-electron chi connectivity index (χ0n) is 13.1. The summed E-state index contributed by atoms with van der Waals surface area (Å²) in [7, 11) is -3.68. The summed E-state index contributed by atoms with van der Waals surface area (Å²) in [4.78, 5) is 0.258. The molecule has 1 unspecified atom stereocenters. The number of hydrogen-bond donors (Lipinski definition) is 1. The fourth-order valence-corrected chi connectivity index (χ4v) is 4.89. The normalized spacial score (nSPS) is 18.4. The molecule has 23 heavy (non-hydrogen) atoms. The van der Waals surface area contributed by atoms with E-state index in [4.69, 9.17) is 11.6 Å². The molecule has 1 heterocycles. The molecule has 0 radical (unpaired) electrons. The van der Waals surface area contributed by atoms with Crippen molar-refractivity contribution in [2.24, 2.45) is 0 Å². The molecule has 2 aromatic rings. The van der Waals surface area contributed by atoms with Gasteiger partial charge in [0.15, 0.2) is 0 Å². The van der Waals surface area contributed by atoms with Crippen molar-refractivity contribution in [1.82, 2.24) is 5.32 Å². The first-order chi connectivity index (χ1) is 10.9. The molecular formula is C17H19ClN2O2S. The van der Waals surface area contributed by atoms with Crippen molar-refractivity contribution in [2.45, 2.75) is 31.3 Å². The number of nitrogens with one attached hydrogen (secondary N) is 1. The summed E-state index contributed by atoms with van der Waals surface area (Å²) in [6.07, 6.45) is 0. The highest BCUT2D eigenvalue weighted by atomic mass is 35.5. The fraction of sp³-hybridized carbons (Fsp3) is 0.294. The van der Waals surface area contributed by atoms with E-state index >= 15 is 0 Å². The lowest BCUT2D eigenvalue weighted by Gasteiger charge is -2.26. The van der Waals surface area contributed by atoms with E-state index in [0.29, 0.717) is 23.7 Å². The first kappa shape index (κ1) is 16.3. The summed E-state index contributed by atoms with van der Waals surface area (Å²) in [5.41, 5.74) is 2.28. The van der Waals surface area contributed by atoms with Crippen LogP contribution in [0, 0.1) is 6.92 Å². The lowest BCUT2D eigenvalue weighted by molar-refractivity contribution is 0.556. The van der Waals surface area contributed by atoms with Gasteiger partial charge in [0.05, 0.1) is 10.6 Å². The maximum atomic E-state index is 13.3. The number of rotatable bonds is 2. The largest absolute Gasteiger partial charge is 0.308 e. The summed E-state index contributed by atoms with van der Waals surface area (Å²) in [5.74, 6) is 0. The Balaban J connectivity index is 2.17. The van der Waals surface area contributed by atoms with Crippen molar-refractivity contribution < 1.29 is 8.42 Å². The van der Waals surface area contributed by atoms with Crippen LogP contribution >= 0.6 is 11.6 Å². The molecule has 0 fully saturated rings. The van der Waals surface area contributed by atoms with Crippen LogP contribution in [-0.4, -0.2) is 21.0 Å². The maximum absolute atomic E-state index is 13.3. The Morgan fingerprint density at radius 1 is 1.17 bits per heavy atom. The second kappa shape index (κ2) is 6.15. The Bertz CT molecular complexity index is 836. The number of anilines is 1. The topological polar surface area (TPSA) is 49.4 Å². The van der Waals surface area contributed by atoms with Gasteiger partial charge in [0.25, 0.3) is 10.0 Å². The summed E-state index contributed by atoms with van der Waals surface area (Å²) in [6.45, 7) is 4.75. The van der Waals surface area contributed by atoms with Crippen molar-refractivity contribution >= 4 is 27.3 Å². The van der Waals surface area contributed by atoms with E-state index in [-0.39, 0.29) is 10.9 Å². The number of nitrogens with zero attached hydrogens (tertiary/aromatic N) is 1. The Hall–Kier alpha value is -1.56. The number of halogens is 1. The van der Waals surface area contributed by atoms with Gasteiger partial charge in [-0.25, -0.2) is 8.42 Å². The van der Waals surface area contributed by atoms with Gasteiger partial charge in [-0.1, -0.05) is 35.9 Å². The smallest absolute Gasteiger partial charge is 0.264 e. The third-order valence-electron chi connectivity index (χ3n) is 4.13. The Morgan fingerprint density at radius 2 is 1.91 bits per heavy atom. The second-order valence-electron chi connectivity index (χ2n) is 5.81. The lowest BCUT2D eigenvalue weighted by Crippen LogP contribution is -2.39. The van der Waals surface area contributed by atoms with Crippen molar-refractivity contribution in [3.63, 3.8) is 0 Å². The number of hydrogen-bond acceptors (Lipinski definition) is 3. The van der Waals surface area contributed by atoms with E-state index in [0.717, 1.165) is 11.3 Å². The van der Waals surface area contributed by atoms with Crippen molar-refractivity contribution in [3.05, 3.63) is 58.6 Å². The quantitative estimate of drug-likeness (QED) is 0.903. The Morgan fingerprint density at radius 3 is 2.70 bits per heavy atom. The molecule has 122 valence electrons. The standard InChI is InChI=1S/C17H19ClN2O2S/c1-12-11-20(16-8-4-3-6-14(16)10-19-12)23(21,22)17-9-5-7-15(18)13(17)2/h3-9,12,19H,10-11H2,1-2H3. The zero-order chi connectivity index (χ0) is 16.6. The molecule has 4 nitrogen and oxygen atoms in total. The summed E-state index contributed by atoms with van der Waals surface area (Å²) in [5, 5.41) is 3.81. The van der Waals surface area contributed by atoms with Crippen LogP contribution in [0.5, 0.6) is 0 Å². The number of sulfonamides is 1. The minimum Gasteiger partial charge on any atom is -0.308 e. The van der Waals surface area contributed by atoms with Crippen LogP contribution in [0.2, 0.25) is 5.02 Å². The van der Waals surface area contributed by atoms with E-state index in [1.807, 2.05) is 31.2 Å². The average molecular weight is 351 g/mol. The lowest BCUT2D eigenvalue weighted by atomic mass is 10.2. The monoisotopic (exact) mass is 350 g/mol. The van der Waals surface area contributed by atoms with E-state index in [1.54, 1.807) is 25.1 Å². The van der Waals surface area contributed by atoms with Crippen LogP contribution in [0.25, 0.3) is 0 Å². The molecule has 0 amide bonds. The highest BCUT2D eigenvalue weighted by Gasteiger charge is 2.31. The molecule has 0 saturated carbocycles. The van der Waals surface area contributed by atoms with Crippen LogP contribution < -0.4 is 9.62 Å². The zero-order valence-corrected chi connectivity index (χ0v) is 14.7. The maximum Gasteiger partial charge on any atom is 0.264 e. The second-order valence-corrected chi connectivity index (χ2v) is 8.05. The first-order valence-electron chi connectivity index (χ1n) is 7.50. The van der Waals surface area contributed by atoms with Gasteiger partial charge in [0.1, 0.15) is 0 Å². The summed E-state index contributed by atoms with van der Waals surface area (Å²) >= 11 is 6.12. The van der Waals surface area contributed by atoms with Crippen LogP contribution in [-0.2, 0) is 16.6 Å². The SMILES string of the molecule is Cc1c(Cl)cccc1S(=O)(=O)N1CC(C)NCc2ccccc21. The number of benzene rings is 2. The average Bonchev–Trinajstić information content (AvgIpc) is 2.70. The highest BCUT2D eigenvalue weighted by molar-refractivity contribution is 7.92. The molecule has 2 aromatic carbocycles. The van der Waals surface area contributed by atoms with Gasteiger partial charge in [-0.3, -0.25) is 4.31 Å². The minimum absolute atomic E-state index is 0.0525. The molecule has 0 saturated heterocycles. The van der Waals surface area contributed by atoms with Gasteiger partial charge in [0.2, 0.25) is 0 Å². The van der Waals surface area contributed by atoms with E-state index in [2.05, 4.69) is 5.32 Å². The number of fused-ring (bicyclic) bond motifs is 1. The molecule has 3 rings (SSSR count). The van der Waals surface area contributed by atoms with Crippen molar-refractivity contribution in [1.29, 1.82) is 0 Å². The highest BCUT2D eigenvalue weighted by Crippen LogP contribution is 2.32. The molecule has 0 spiro atoms. The summed E-state index contributed by atoms with van der Waals surface area (Å²) in [6, 6.07) is 12.6. The van der Waals surface area contributed by atoms with Crippen LogP contribution in [0.4, 0.5) is 5.69 Å². The van der Waals surface area contributed by atoms with E-state index in [9.17, 15) is 8.42 Å². The third-order valence-corrected chi connectivity index (χ3v) is 6.46. The molecule has 0 aliphatic carbocycles. The van der Waals surface area contributed by atoms with E-state index < -0.39 is 10.0 Å². The summed E-state index contributed by atoms with van der Waals surface area (Å²) < 4.78 is 28.0. The van der Waals surface area contributed by atoms with Crippen LogP contribution in [0.3, 0.4) is 0 Å². The van der Waals surface area contributed by atoms with Crippen LogP contribution in [0.15, 0.2) is 47.4 Å². The molecule has 1 aliphatic rings. The van der Waals surface area contributed by atoms with Gasteiger partial charge in [-0.2, -0.15) is 0 Å².